The first-order valence-corrected chi connectivity index (χ1v) is 11.0. The van der Waals surface area contributed by atoms with Gasteiger partial charge in [-0.05, 0) is 29.7 Å². The number of nitrogens with zero attached hydrogens (tertiary/aromatic N) is 1. The molecule has 0 aromatic heterocycles. The van der Waals surface area contributed by atoms with Crippen molar-refractivity contribution >= 4 is 16.2 Å². The minimum absolute atomic E-state index is 0.111. The topological polar surface area (TPSA) is 78.8 Å². The lowest BCUT2D eigenvalue weighted by atomic mass is 10.1. The standard InChI is InChI=1S/C23H24N2O3S/c26-23-14-8-7-13-21(23)17-24-22(15-19-9-3-1-4-10-19)18-29(27,28)25-16-20-11-5-2-6-12-20/h1-14,17,22,25-26H,15-16,18H2/t22-/m0/s1. The molecule has 3 aromatic rings. The van der Waals surface area contributed by atoms with Crippen LogP contribution in [-0.2, 0) is 23.0 Å². The number of aromatic hydroxyl groups is 1. The normalized spacial score (nSPS) is 12.8. The number of aliphatic imine (C=N–C) groups is 1. The van der Waals surface area contributed by atoms with Gasteiger partial charge in [0.25, 0.3) is 0 Å². The lowest BCUT2D eigenvalue weighted by molar-refractivity contribution is 0.474. The van der Waals surface area contributed by atoms with Gasteiger partial charge in [0.05, 0.1) is 11.8 Å². The molecule has 0 bridgehead atoms. The summed E-state index contributed by atoms with van der Waals surface area (Å²) in [6.07, 6.45) is 2.02. The van der Waals surface area contributed by atoms with E-state index >= 15 is 0 Å². The fourth-order valence-electron chi connectivity index (χ4n) is 2.92. The average Bonchev–Trinajstić information content (AvgIpc) is 2.73. The maximum Gasteiger partial charge on any atom is 0.214 e. The SMILES string of the molecule is O=S(=O)(C[C@H](Cc1ccccc1)N=Cc1ccccc1O)NCc1ccccc1. The van der Waals surface area contributed by atoms with E-state index in [9.17, 15) is 13.5 Å². The summed E-state index contributed by atoms with van der Waals surface area (Å²) in [5.74, 6) is -0.0292. The van der Waals surface area contributed by atoms with Gasteiger partial charge in [-0.1, -0.05) is 72.8 Å². The van der Waals surface area contributed by atoms with Crippen LogP contribution in [0.25, 0.3) is 0 Å². The first-order valence-electron chi connectivity index (χ1n) is 9.38. The van der Waals surface area contributed by atoms with Crippen LogP contribution in [0.3, 0.4) is 0 Å². The molecule has 5 nitrogen and oxygen atoms in total. The highest BCUT2D eigenvalue weighted by molar-refractivity contribution is 7.89. The fraction of sp³-hybridized carbons (Fsp3) is 0.174. The summed E-state index contributed by atoms with van der Waals surface area (Å²) in [7, 11) is -3.54. The second-order valence-electron chi connectivity index (χ2n) is 6.77. The third-order valence-electron chi connectivity index (χ3n) is 4.43. The Hall–Kier alpha value is -2.96. The molecule has 29 heavy (non-hydrogen) atoms. The number of phenols is 1. The van der Waals surface area contributed by atoms with Crippen LogP contribution in [0, 0.1) is 0 Å². The summed E-state index contributed by atoms with van der Waals surface area (Å²) in [5.41, 5.74) is 2.46. The Kier molecular flexibility index (Phi) is 7.16. The third kappa shape index (κ3) is 6.85. The Bertz CT molecular complexity index is 1040. The van der Waals surface area contributed by atoms with Crippen molar-refractivity contribution < 1.29 is 13.5 Å². The maximum absolute atomic E-state index is 12.6. The number of nitrogens with one attached hydrogen (secondary N) is 1. The van der Waals surface area contributed by atoms with Crippen LogP contribution in [0.2, 0.25) is 0 Å². The predicted octanol–water partition coefficient (Wildman–Crippen LogP) is 3.54. The monoisotopic (exact) mass is 408 g/mol. The Labute approximate surface area is 171 Å². The van der Waals surface area contributed by atoms with Crippen molar-refractivity contribution in [3.63, 3.8) is 0 Å². The molecule has 2 N–H and O–H groups in total. The quantitative estimate of drug-likeness (QED) is 0.532. The highest BCUT2D eigenvalue weighted by Gasteiger charge is 2.19. The average molecular weight is 409 g/mol. The minimum Gasteiger partial charge on any atom is -0.507 e. The zero-order valence-corrected chi connectivity index (χ0v) is 16.8. The summed E-state index contributed by atoms with van der Waals surface area (Å²) in [6.45, 7) is 0.240. The van der Waals surface area contributed by atoms with Gasteiger partial charge in [0.2, 0.25) is 10.0 Å². The van der Waals surface area contributed by atoms with Crippen LogP contribution in [0.1, 0.15) is 16.7 Å². The van der Waals surface area contributed by atoms with Gasteiger partial charge in [-0.15, -0.1) is 0 Å². The molecule has 3 rings (SSSR count). The van der Waals surface area contributed by atoms with Crippen molar-refractivity contribution in [1.29, 1.82) is 0 Å². The molecule has 0 aliphatic heterocycles. The Morgan fingerprint density at radius 3 is 2.10 bits per heavy atom. The Morgan fingerprint density at radius 2 is 1.45 bits per heavy atom. The summed E-state index contributed by atoms with van der Waals surface area (Å²) >= 11 is 0. The van der Waals surface area contributed by atoms with E-state index in [4.69, 9.17) is 0 Å². The van der Waals surface area contributed by atoms with Gasteiger partial charge in [-0.25, -0.2) is 13.1 Å². The van der Waals surface area contributed by atoms with E-state index in [2.05, 4.69) is 9.71 Å². The lowest BCUT2D eigenvalue weighted by Gasteiger charge is -2.14. The molecule has 0 aliphatic rings. The van der Waals surface area contributed by atoms with Crippen LogP contribution in [0.5, 0.6) is 5.75 Å². The first-order chi connectivity index (χ1) is 14.0. The van der Waals surface area contributed by atoms with Crippen LogP contribution in [0.4, 0.5) is 0 Å². The number of hydrogen-bond donors (Lipinski definition) is 2. The summed E-state index contributed by atoms with van der Waals surface area (Å²) < 4.78 is 27.9. The van der Waals surface area contributed by atoms with E-state index in [0.717, 1.165) is 11.1 Å². The van der Waals surface area contributed by atoms with Gasteiger partial charge in [0.15, 0.2) is 0 Å². The Balaban J connectivity index is 1.74. The smallest absolute Gasteiger partial charge is 0.214 e. The molecule has 0 fully saturated rings. The summed E-state index contributed by atoms with van der Waals surface area (Å²) in [4.78, 5) is 4.49. The largest absolute Gasteiger partial charge is 0.507 e. The molecular formula is C23H24N2O3S. The molecule has 0 radical (unpaired) electrons. The third-order valence-corrected chi connectivity index (χ3v) is 5.83. The summed E-state index contributed by atoms with van der Waals surface area (Å²) in [6, 6.07) is 25.4. The van der Waals surface area contributed by atoms with Gasteiger partial charge in [0.1, 0.15) is 5.75 Å². The van der Waals surface area contributed by atoms with Gasteiger partial charge in [-0.3, -0.25) is 4.99 Å². The molecule has 0 heterocycles. The molecule has 0 spiro atoms. The van der Waals surface area contributed by atoms with Gasteiger partial charge >= 0.3 is 0 Å². The van der Waals surface area contributed by atoms with Gasteiger partial charge < -0.3 is 5.11 Å². The molecule has 0 amide bonds. The molecule has 1 atom stereocenters. The molecule has 0 saturated heterocycles. The molecule has 6 heteroatoms. The van der Waals surface area contributed by atoms with E-state index < -0.39 is 16.1 Å². The second-order valence-corrected chi connectivity index (χ2v) is 8.62. The van der Waals surface area contributed by atoms with E-state index in [-0.39, 0.29) is 18.0 Å². The van der Waals surface area contributed by atoms with E-state index in [0.29, 0.717) is 12.0 Å². The molecule has 0 unspecified atom stereocenters. The number of benzene rings is 3. The second kappa shape index (κ2) is 10.0. The summed E-state index contributed by atoms with van der Waals surface area (Å²) in [5, 5.41) is 9.93. The minimum atomic E-state index is -3.54. The Morgan fingerprint density at radius 1 is 0.862 bits per heavy atom. The molecule has 3 aromatic carbocycles. The number of para-hydroxylation sites is 1. The molecular weight excluding hydrogens is 384 g/mol. The fourth-order valence-corrected chi connectivity index (χ4v) is 4.14. The van der Waals surface area contributed by atoms with Crippen molar-refractivity contribution in [3.05, 3.63) is 102 Å². The highest BCUT2D eigenvalue weighted by Crippen LogP contribution is 2.14. The predicted molar refractivity (Wildman–Crippen MR) is 117 cm³/mol. The van der Waals surface area contributed by atoms with Crippen LogP contribution in [0.15, 0.2) is 89.9 Å². The van der Waals surface area contributed by atoms with Crippen molar-refractivity contribution in [2.24, 2.45) is 4.99 Å². The number of sulfonamides is 1. The number of rotatable bonds is 9. The lowest BCUT2D eigenvalue weighted by Crippen LogP contribution is -2.32. The number of phenolic OH excluding ortho intramolecular Hbond substituents is 1. The van der Waals surface area contributed by atoms with E-state index in [1.165, 1.54) is 6.21 Å². The van der Waals surface area contributed by atoms with Crippen LogP contribution < -0.4 is 4.72 Å². The van der Waals surface area contributed by atoms with Crippen LogP contribution >= 0.6 is 0 Å². The molecule has 150 valence electrons. The van der Waals surface area contributed by atoms with Crippen molar-refractivity contribution in [1.82, 2.24) is 4.72 Å². The van der Waals surface area contributed by atoms with Crippen LogP contribution in [-0.4, -0.2) is 31.5 Å². The maximum atomic E-state index is 12.6. The number of hydrogen-bond acceptors (Lipinski definition) is 4. The zero-order valence-electron chi connectivity index (χ0n) is 16.0. The zero-order chi connectivity index (χ0) is 20.5. The first kappa shape index (κ1) is 20.8. The molecule has 0 aliphatic carbocycles. The molecule has 0 saturated carbocycles. The van der Waals surface area contributed by atoms with Gasteiger partial charge in [0, 0.05) is 18.3 Å². The van der Waals surface area contributed by atoms with Gasteiger partial charge in [-0.2, -0.15) is 0 Å². The van der Waals surface area contributed by atoms with Crippen molar-refractivity contribution in [2.75, 3.05) is 5.75 Å². The van der Waals surface area contributed by atoms with E-state index in [1.54, 1.807) is 24.3 Å². The van der Waals surface area contributed by atoms with Crippen molar-refractivity contribution in [2.45, 2.75) is 19.0 Å². The van der Waals surface area contributed by atoms with E-state index in [1.807, 2.05) is 60.7 Å². The van der Waals surface area contributed by atoms with Crippen molar-refractivity contribution in [3.8, 4) is 5.75 Å². The highest BCUT2D eigenvalue weighted by atomic mass is 32.2.